The Morgan fingerprint density at radius 1 is 1.09 bits per heavy atom. The molecule has 23 heavy (non-hydrogen) atoms. The van der Waals surface area contributed by atoms with Crippen LogP contribution in [-0.2, 0) is 14.3 Å². The Bertz CT molecular complexity index is 552. The summed E-state index contributed by atoms with van der Waals surface area (Å²) < 4.78 is 16.7. The standard InChI is InChI=1S/C17H23BrO5/c1-5-10-22-15(19)17(6-2,7-3)16(20)23-13-9-8-12(18)11-14(13)21-4/h8-9,11H,5-7,10H2,1-4H3. The summed E-state index contributed by atoms with van der Waals surface area (Å²) in [7, 11) is 1.49. The predicted octanol–water partition coefficient (Wildman–Crippen LogP) is 4.12. The minimum absolute atomic E-state index is 0.273. The van der Waals surface area contributed by atoms with Gasteiger partial charge in [-0.3, -0.25) is 9.59 Å². The van der Waals surface area contributed by atoms with Crippen molar-refractivity contribution < 1.29 is 23.8 Å². The Morgan fingerprint density at radius 2 is 1.74 bits per heavy atom. The number of rotatable bonds is 8. The van der Waals surface area contributed by atoms with Crippen LogP contribution in [-0.4, -0.2) is 25.7 Å². The van der Waals surface area contributed by atoms with E-state index in [0.29, 0.717) is 25.0 Å². The molecule has 1 rings (SSSR count). The van der Waals surface area contributed by atoms with E-state index in [9.17, 15) is 9.59 Å². The van der Waals surface area contributed by atoms with E-state index in [0.717, 1.165) is 4.47 Å². The summed E-state index contributed by atoms with van der Waals surface area (Å²) in [6.07, 6.45) is 1.32. The van der Waals surface area contributed by atoms with E-state index in [-0.39, 0.29) is 12.4 Å². The highest BCUT2D eigenvalue weighted by Crippen LogP contribution is 2.35. The molecule has 0 fully saturated rings. The van der Waals surface area contributed by atoms with Crippen molar-refractivity contribution in [1.82, 2.24) is 0 Å². The molecule has 0 aliphatic rings. The molecule has 0 amide bonds. The summed E-state index contributed by atoms with van der Waals surface area (Å²) in [5, 5.41) is 0. The van der Waals surface area contributed by atoms with Crippen LogP contribution in [0.2, 0.25) is 0 Å². The van der Waals surface area contributed by atoms with E-state index in [4.69, 9.17) is 14.2 Å². The van der Waals surface area contributed by atoms with Gasteiger partial charge in [0, 0.05) is 4.47 Å². The summed E-state index contributed by atoms with van der Waals surface area (Å²) in [5.74, 6) is -0.472. The number of carbonyl (C=O) groups is 2. The molecule has 0 atom stereocenters. The van der Waals surface area contributed by atoms with Crippen LogP contribution in [0.3, 0.4) is 0 Å². The first-order valence-corrected chi connectivity index (χ1v) is 8.47. The third kappa shape index (κ3) is 4.47. The van der Waals surface area contributed by atoms with Crippen LogP contribution in [0.4, 0.5) is 0 Å². The molecule has 1 aromatic carbocycles. The van der Waals surface area contributed by atoms with E-state index in [2.05, 4.69) is 15.9 Å². The van der Waals surface area contributed by atoms with Gasteiger partial charge in [-0.05, 0) is 37.5 Å². The lowest BCUT2D eigenvalue weighted by atomic mass is 9.82. The van der Waals surface area contributed by atoms with Gasteiger partial charge in [0.25, 0.3) is 0 Å². The molecule has 0 aromatic heterocycles. The zero-order chi connectivity index (χ0) is 17.5. The fourth-order valence-corrected chi connectivity index (χ4v) is 2.51. The number of methoxy groups -OCH3 is 1. The maximum Gasteiger partial charge on any atom is 0.328 e. The fraction of sp³-hybridized carbons (Fsp3) is 0.529. The molecular formula is C17H23BrO5. The molecule has 0 bridgehead atoms. The topological polar surface area (TPSA) is 61.8 Å². The van der Waals surface area contributed by atoms with Gasteiger partial charge in [-0.2, -0.15) is 0 Å². The van der Waals surface area contributed by atoms with Crippen LogP contribution in [0.1, 0.15) is 40.0 Å². The van der Waals surface area contributed by atoms with Gasteiger partial charge in [-0.25, -0.2) is 0 Å². The molecule has 0 spiro atoms. The second kappa shape index (κ2) is 8.91. The number of hydrogen-bond acceptors (Lipinski definition) is 5. The van der Waals surface area contributed by atoms with Gasteiger partial charge in [-0.15, -0.1) is 0 Å². The van der Waals surface area contributed by atoms with Crippen LogP contribution in [0, 0.1) is 5.41 Å². The summed E-state index contributed by atoms with van der Waals surface area (Å²) >= 11 is 3.33. The zero-order valence-electron chi connectivity index (χ0n) is 14.0. The Morgan fingerprint density at radius 3 is 2.26 bits per heavy atom. The summed E-state index contributed by atoms with van der Waals surface area (Å²) in [5.41, 5.74) is -1.30. The van der Waals surface area contributed by atoms with Crippen molar-refractivity contribution in [2.75, 3.05) is 13.7 Å². The van der Waals surface area contributed by atoms with E-state index in [1.165, 1.54) is 7.11 Å². The van der Waals surface area contributed by atoms with Crippen molar-refractivity contribution >= 4 is 27.9 Å². The lowest BCUT2D eigenvalue weighted by molar-refractivity contribution is -0.168. The number of esters is 2. The number of hydrogen-bond donors (Lipinski definition) is 0. The maximum atomic E-state index is 12.7. The van der Waals surface area contributed by atoms with E-state index < -0.39 is 17.4 Å². The van der Waals surface area contributed by atoms with Crippen molar-refractivity contribution in [3.05, 3.63) is 22.7 Å². The number of ether oxygens (including phenoxy) is 3. The molecule has 6 heteroatoms. The number of halogens is 1. The van der Waals surface area contributed by atoms with Gasteiger partial charge >= 0.3 is 11.9 Å². The summed E-state index contributed by atoms with van der Waals surface area (Å²) in [4.78, 5) is 25.0. The lowest BCUT2D eigenvalue weighted by Crippen LogP contribution is -2.42. The SMILES string of the molecule is CCCOC(=O)C(CC)(CC)C(=O)Oc1ccc(Br)cc1OC. The number of benzene rings is 1. The van der Waals surface area contributed by atoms with Crippen molar-refractivity contribution in [3.8, 4) is 11.5 Å². The van der Waals surface area contributed by atoms with Gasteiger partial charge in [0.15, 0.2) is 16.9 Å². The first kappa shape index (κ1) is 19.5. The Labute approximate surface area is 145 Å². The maximum absolute atomic E-state index is 12.7. The smallest absolute Gasteiger partial charge is 0.328 e. The average Bonchev–Trinajstić information content (AvgIpc) is 2.56. The average molecular weight is 387 g/mol. The van der Waals surface area contributed by atoms with Crippen LogP contribution >= 0.6 is 15.9 Å². The molecule has 0 aliphatic carbocycles. The normalized spacial score (nSPS) is 11.0. The highest BCUT2D eigenvalue weighted by Gasteiger charge is 2.46. The minimum Gasteiger partial charge on any atom is -0.493 e. The third-order valence-corrected chi connectivity index (χ3v) is 4.25. The molecule has 0 N–H and O–H groups in total. The highest BCUT2D eigenvalue weighted by molar-refractivity contribution is 9.10. The first-order valence-electron chi connectivity index (χ1n) is 7.68. The van der Waals surface area contributed by atoms with Gasteiger partial charge in [0.2, 0.25) is 0 Å². The van der Waals surface area contributed by atoms with Crippen molar-refractivity contribution in [1.29, 1.82) is 0 Å². The van der Waals surface area contributed by atoms with Crippen molar-refractivity contribution in [2.24, 2.45) is 5.41 Å². The summed E-state index contributed by atoms with van der Waals surface area (Å²) in [6, 6.07) is 5.05. The molecular weight excluding hydrogens is 364 g/mol. The Kier molecular flexibility index (Phi) is 7.55. The largest absolute Gasteiger partial charge is 0.493 e. The van der Waals surface area contributed by atoms with Crippen LogP contribution in [0.25, 0.3) is 0 Å². The van der Waals surface area contributed by atoms with Gasteiger partial charge in [-0.1, -0.05) is 36.7 Å². The molecule has 1 aromatic rings. The number of carbonyl (C=O) groups excluding carboxylic acids is 2. The molecule has 0 saturated heterocycles. The van der Waals surface area contributed by atoms with Crippen molar-refractivity contribution in [2.45, 2.75) is 40.0 Å². The second-order valence-corrected chi connectivity index (χ2v) is 6.03. The predicted molar refractivity (Wildman–Crippen MR) is 90.6 cm³/mol. The van der Waals surface area contributed by atoms with E-state index in [1.807, 2.05) is 6.92 Å². The van der Waals surface area contributed by atoms with E-state index in [1.54, 1.807) is 32.0 Å². The molecule has 0 unspecified atom stereocenters. The molecule has 0 radical (unpaired) electrons. The molecule has 5 nitrogen and oxygen atoms in total. The quantitative estimate of drug-likeness (QED) is 0.382. The molecule has 128 valence electrons. The van der Waals surface area contributed by atoms with Gasteiger partial charge < -0.3 is 14.2 Å². The third-order valence-electron chi connectivity index (χ3n) is 3.75. The minimum atomic E-state index is -1.30. The molecule has 0 aliphatic heterocycles. The fourth-order valence-electron chi connectivity index (χ4n) is 2.17. The summed E-state index contributed by atoms with van der Waals surface area (Å²) in [6.45, 7) is 5.74. The second-order valence-electron chi connectivity index (χ2n) is 5.11. The van der Waals surface area contributed by atoms with Crippen LogP contribution < -0.4 is 9.47 Å². The molecule has 0 saturated carbocycles. The Hall–Kier alpha value is -1.56. The Balaban J connectivity index is 3.05. The van der Waals surface area contributed by atoms with Gasteiger partial charge in [0.05, 0.1) is 13.7 Å². The van der Waals surface area contributed by atoms with Crippen LogP contribution in [0.15, 0.2) is 22.7 Å². The van der Waals surface area contributed by atoms with Gasteiger partial charge in [0.1, 0.15) is 0 Å². The van der Waals surface area contributed by atoms with E-state index >= 15 is 0 Å². The van der Waals surface area contributed by atoms with Crippen LogP contribution in [0.5, 0.6) is 11.5 Å². The molecule has 0 heterocycles. The zero-order valence-corrected chi connectivity index (χ0v) is 15.6. The lowest BCUT2D eigenvalue weighted by Gasteiger charge is -2.27. The highest BCUT2D eigenvalue weighted by atomic mass is 79.9. The first-order chi connectivity index (χ1) is 10.9. The van der Waals surface area contributed by atoms with Crippen molar-refractivity contribution in [3.63, 3.8) is 0 Å². The monoisotopic (exact) mass is 386 g/mol.